The maximum absolute atomic E-state index is 12.1. The largest absolute Gasteiger partial charge is 0.327 e. The molecule has 2 atom stereocenters. The SMILES string of the molecule is Cl.NC1CC1c1cccc(C(=O)Nc2ccccc2)c1. The smallest absolute Gasteiger partial charge is 0.255 e. The minimum Gasteiger partial charge on any atom is -0.327 e. The number of amides is 1. The van der Waals surface area contributed by atoms with Gasteiger partial charge in [0.1, 0.15) is 0 Å². The molecule has 1 saturated carbocycles. The van der Waals surface area contributed by atoms with Crippen LogP contribution < -0.4 is 11.1 Å². The normalized spacial score (nSPS) is 19.9. The number of carbonyl (C=O) groups excluding carboxylic acids is 1. The van der Waals surface area contributed by atoms with Gasteiger partial charge in [0, 0.05) is 23.2 Å². The summed E-state index contributed by atoms with van der Waals surface area (Å²) < 4.78 is 0. The number of halogens is 1. The molecule has 0 aliphatic heterocycles. The van der Waals surface area contributed by atoms with E-state index in [1.54, 1.807) is 0 Å². The minimum atomic E-state index is -0.0812. The molecule has 1 aliphatic carbocycles. The van der Waals surface area contributed by atoms with Crippen LogP contribution in [0.2, 0.25) is 0 Å². The molecular weight excluding hydrogens is 272 g/mol. The van der Waals surface area contributed by atoms with E-state index in [1.165, 1.54) is 0 Å². The molecule has 4 heteroatoms. The fourth-order valence-electron chi connectivity index (χ4n) is 2.23. The number of benzene rings is 2. The van der Waals surface area contributed by atoms with Gasteiger partial charge in [0.05, 0.1) is 0 Å². The lowest BCUT2D eigenvalue weighted by molar-refractivity contribution is 0.102. The van der Waals surface area contributed by atoms with Gasteiger partial charge in [-0.1, -0.05) is 30.3 Å². The van der Waals surface area contributed by atoms with Crippen LogP contribution in [0.4, 0.5) is 5.69 Å². The Labute approximate surface area is 124 Å². The molecule has 0 spiro atoms. The zero-order chi connectivity index (χ0) is 13.2. The fourth-order valence-corrected chi connectivity index (χ4v) is 2.23. The van der Waals surface area contributed by atoms with Gasteiger partial charge < -0.3 is 11.1 Å². The van der Waals surface area contributed by atoms with Crippen LogP contribution >= 0.6 is 12.4 Å². The third-order valence-electron chi connectivity index (χ3n) is 3.45. The van der Waals surface area contributed by atoms with E-state index in [0.717, 1.165) is 17.7 Å². The molecule has 1 fully saturated rings. The predicted molar refractivity (Wildman–Crippen MR) is 83.4 cm³/mol. The van der Waals surface area contributed by atoms with E-state index in [-0.39, 0.29) is 24.4 Å². The first-order valence-electron chi connectivity index (χ1n) is 6.46. The zero-order valence-corrected chi connectivity index (χ0v) is 11.8. The summed E-state index contributed by atoms with van der Waals surface area (Å²) in [6.45, 7) is 0. The highest BCUT2D eigenvalue weighted by atomic mass is 35.5. The second kappa shape index (κ2) is 6.07. The lowest BCUT2D eigenvalue weighted by Crippen LogP contribution is -2.12. The summed E-state index contributed by atoms with van der Waals surface area (Å²) >= 11 is 0. The molecule has 0 aromatic heterocycles. The Morgan fingerprint density at radius 3 is 2.45 bits per heavy atom. The van der Waals surface area contributed by atoms with Crippen molar-refractivity contribution in [3.63, 3.8) is 0 Å². The van der Waals surface area contributed by atoms with Gasteiger partial charge in [-0.3, -0.25) is 4.79 Å². The summed E-state index contributed by atoms with van der Waals surface area (Å²) in [6, 6.07) is 17.4. The van der Waals surface area contributed by atoms with Crippen LogP contribution in [0.3, 0.4) is 0 Å². The van der Waals surface area contributed by atoms with Gasteiger partial charge in [-0.25, -0.2) is 0 Å². The first-order valence-corrected chi connectivity index (χ1v) is 6.46. The molecule has 3 rings (SSSR count). The predicted octanol–water partition coefficient (Wildman–Crippen LogP) is 3.18. The second-order valence-corrected chi connectivity index (χ2v) is 4.95. The molecule has 3 nitrogen and oxygen atoms in total. The van der Waals surface area contributed by atoms with Crippen LogP contribution in [0.15, 0.2) is 54.6 Å². The van der Waals surface area contributed by atoms with Crippen molar-refractivity contribution in [1.29, 1.82) is 0 Å². The number of nitrogens with one attached hydrogen (secondary N) is 1. The summed E-state index contributed by atoms with van der Waals surface area (Å²) in [5.41, 5.74) is 8.50. The second-order valence-electron chi connectivity index (χ2n) is 4.95. The maximum Gasteiger partial charge on any atom is 0.255 e. The first-order chi connectivity index (χ1) is 9.24. The Hall–Kier alpha value is -1.84. The molecule has 1 amide bonds. The third kappa shape index (κ3) is 3.18. The van der Waals surface area contributed by atoms with E-state index in [0.29, 0.717) is 11.5 Å². The summed E-state index contributed by atoms with van der Waals surface area (Å²) in [6.07, 6.45) is 1.02. The minimum absolute atomic E-state index is 0. The van der Waals surface area contributed by atoms with Gasteiger partial charge in [0.15, 0.2) is 0 Å². The summed E-state index contributed by atoms with van der Waals surface area (Å²) in [5, 5.41) is 2.89. The monoisotopic (exact) mass is 288 g/mol. The molecule has 1 aliphatic rings. The first kappa shape index (κ1) is 14.6. The zero-order valence-electron chi connectivity index (χ0n) is 11.0. The fraction of sp³-hybridized carbons (Fsp3) is 0.188. The number of anilines is 1. The molecule has 104 valence electrons. The number of para-hydroxylation sites is 1. The van der Waals surface area contributed by atoms with E-state index >= 15 is 0 Å². The van der Waals surface area contributed by atoms with Crippen LogP contribution in [0.25, 0.3) is 0 Å². The van der Waals surface area contributed by atoms with Crippen molar-refractivity contribution in [2.45, 2.75) is 18.4 Å². The number of rotatable bonds is 3. The average molecular weight is 289 g/mol. The molecule has 2 aromatic rings. The average Bonchev–Trinajstić information content (AvgIpc) is 3.17. The van der Waals surface area contributed by atoms with Gasteiger partial charge in [0.2, 0.25) is 0 Å². The Balaban J connectivity index is 0.00000147. The Morgan fingerprint density at radius 1 is 1.10 bits per heavy atom. The molecule has 3 N–H and O–H groups in total. The number of nitrogens with two attached hydrogens (primary N) is 1. The van der Waals surface area contributed by atoms with Gasteiger partial charge in [0.25, 0.3) is 5.91 Å². The highest BCUT2D eigenvalue weighted by Crippen LogP contribution is 2.39. The quantitative estimate of drug-likeness (QED) is 0.911. The van der Waals surface area contributed by atoms with Gasteiger partial charge in [-0.2, -0.15) is 0 Å². The molecule has 0 radical (unpaired) electrons. The van der Waals surface area contributed by atoms with Crippen LogP contribution in [0.5, 0.6) is 0 Å². The molecule has 0 heterocycles. The van der Waals surface area contributed by atoms with E-state index in [4.69, 9.17) is 5.73 Å². The number of hydrogen-bond donors (Lipinski definition) is 2. The lowest BCUT2D eigenvalue weighted by Gasteiger charge is -2.06. The van der Waals surface area contributed by atoms with Crippen LogP contribution in [0.1, 0.15) is 28.3 Å². The van der Waals surface area contributed by atoms with Crippen LogP contribution in [0, 0.1) is 0 Å². The van der Waals surface area contributed by atoms with Crippen molar-refractivity contribution >= 4 is 24.0 Å². The molecular formula is C16H17ClN2O. The van der Waals surface area contributed by atoms with Crippen molar-refractivity contribution in [3.8, 4) is 0 Å². The molecule has 0 bridgehead atoms. The maximum atomic E-state index is 12.1. The number of carbonyl (C=O) groups is 1. The third-order valence-corrected chi connectivity index (χ3v) is 3.45. The van der Waals surface area contributed by atoms with Gasteiger partial charge in [-0.05, 0) is 36.2 Å². The Morgan fingerprint density at radius 2 is 1.80 bits per heavy atom. The summed E-state index contributed by atoms with van der Waals surface area (Å²) in [5.74, 6) is 0.340. The molecule has 2 aromatic carbocycles. The van der Waals surface area contributed by atoms with E-state index < -0.39 is 0 Å². The molecule has 0 saturated heterocycles. The van der Waals surface area contributed by atoms with Crippen LogP contribution in [-0.2, 0) is 0 Å². The molecule has 20 heavy (non-hydrogen) atoms. The van der Waals surface area contributed by atoms with E-state index in [1.807, 2.05) is 54.6 Å². The van der Waals surface area contributed by atoms with Crippen molar-refractivity contribution in [3.05, 3.63) is 65.7 Å². The van der Waals surface area contributed by atoms with Gasteiger partial charge in [-0.15, -0.1) is 12.4 Å². The summed E-state index contributed by atoms with van der Waals surface area (Å²) in [4.78, 5) is 12.1. The lowest BCUT2D eigenvalue weighted by atomic mass is 10.1. The highest BCUT2D eigenvalue weighted by molar-refractivity contribution is 6.04. The van der Waals surface area contributed by atoms with Crippen molar-refractivity contribution in [2.75, 3.05) is 5.32 Å². The highest BCUT2D eigenvalue weighted by Gasteiger charge is 2.34. The van der Waals surface area contributed by atoms with Crippen molar-refractivity contribution in [2.24, 2.45) is 5.73 Å². The topological polar surface area (TPSA) is 55.1 Å². The van der Waals surface area contributed by atoms with E-state index in [9.17, 15) is 4.79 Å². The van der Waals surface area contributed by atoms with Crippen LogP contribution in [-0.4, -0.2) is 11.9 Å². The molecule has 2 unspecified atom stereocenters. The van der Waals surface area contributed by atoms with Crippen molar-refractivity contribution < 1.29 is 4.79 Å². The summed E-state index contributed by atoms with van der Waals surface area (Å²) in [7, 11) is 0. The van der Waals surface area contributed by atoms with Crippen molar-refractivity contribution in [1.82, 2.24) is 0 Å². The number of hydrogen-bond acceptors (Lipinski definition) is 2. The van der Waals surface area contributed by atoms with E-state index in [2.05, 4.69) is 5.32 Å². The van der Waals surface area contributed by atoms with Gasteiger partial charge >= 0.3 is 0 Å². The Kier molecular flexibility index (Phi) is 4.42. The Bertz CT molecular complexity index is 600. The standard InChI is InChI=1S/C16H16N2O.ClH/c17-15-10-14(15)11-5-4-6-12(9-11)16(19)18-13-7-2-1-3-8-13;/h1-9,14-15H,10,17H2,(H,18,19);1H.